The lowest BCUT2D eigenvalue weighted by atomic mass is 9.92. The van der Waals surface area contributed by atoms with Gasteiger partial charge in [-0.15, -0.1) is 0 Å². The highest BCUT2D eigenvalue weighted by Gasteiger charge is 2.26. The van der Waals surface area contributed by atoms with E-state index in [1.807, 2.05) is 0 Å². The van der Waals surface area contributed by atoms with Gasteiger partial charge in [0.15, 0.2) is 5.82 Å². The molecule has 0 radical (unpaired) electrons. The van der Waals surface area contributed by atoms with Crippen LogP contribution in [0.3, 0.4) is 0 Å². The van der Waals surface area contributed by atoms with Crippen LogP contribution in [0.5, 0.6) is 5.75 Å². The van der Waals surface area contributed by atoms with Crippen molar-refractivity contribution >= 4 is 12.0 Å². The summed E-state index contributed by atoms with van der Waals surface area (Å²) in [5.41, 5.74) is -0.213. The minimum atomic E-state index is -0.694. The van der Waals surface area contributed by atoms with Crippen molar-refractivity contribution in [3.8, 4) is 5.75 Å². The summed E-state index contributed by atoms with van der Waals surface area (Å²) in [6.45, 7) is 8.51. The summed E-state index contributed by atoms with van der Waals surface area (Å²) in [4.78, 5) is 18.1. The van der Waals surface area contributed by atoms with Crippen molar-refractivity contribution in [2.45, 2.75) is 51.9 Å². The summed E-state index contributed by atoms with van der Waals surface area (Å²) < 4.78 is 29.5. The van der Waals surface area contributed by atoms with Gasteiger partial charge in [-0.1, -0.05) is 25.9 Å². The van der Waals surface area contributed by atoms with Gasteiger partial charge in [-0.25, -0.2) is 9.18 Å². The molecule has 8 heteroatoms. The average Bonchev–Trinajstić information content (AvgIpc) is 3.22. The molecule has 0 amide bonds. The van der Waals surface area contributed by atoms with Crippen LogP contribution in [0.25, 0.3) is 0 Å². The molecule has 0 saturated carbocycles. The first-order chi connectivity index (χ1) is 14.3. The highest BCUT2D eigenvalue weighted by molar-refractivity contribution is 5.89. The molecule has 2 heterocycles. The maximum atomic E-state index is 13.9. The van der Waals surface area contributed by atoms with E-state index in [1.54, 1.807) is 6.07 Å². The zero-order valence-electron chi connectivity index (χ0n) is 18.1. The molecule has 0 unspecified atom stereocenters. The van der Waals surface area contributed by atoms with Gasteiger partial charge in [-0.2, -0.15) is 4.98 Å². The molecule has 3 rings (SSSR count). The zero-order chi connectivity index (χ0) is 21.7. The van der Waals surface area contributed by atoms with Crippen LogP contribution < -0.4 is 9.64 Å². The lowest BCUT2D eigenvalue weighted by Gasteiger charge is -2.30. The third kappa shape index (κ3) is 5.49. The quantitative estimate of drug-likeness (QED) is 0.487. The van der Waals surface area contributed by atoms with E-state index in [0.29, 0.717) is 24.3 Å². The van der Waals surface area contributed by atoms with E-state index in [1.165, 1.54) is 19.2 Å². The fourth-order valence-electron chi connectivity index (χ4n) is 3.48. The largest absolute Gasteiger partial charge is 0.493 e. The molecule has 0 aliphatic carbocycles. The Morgan fingerprint density at radius 3 is 2.63 bits per heavy atom. The average molecular weight is 419 g/mol. The molecule has 0 spiro atoms. The van der Waals surface area contributed by atoms with Gasteiger partial charge in [-0.3, -0.25) is 0 Å². The Hall–Kier alpha value is -2.64. The van der Waals surface area contributed by atoms with Gasteiger partial charge in [0.1, 0.15) is 11.6 Å². The molecule has 30 heavy (non-hydrogen) atoms. The smallest absolute Gasteiger partial charge is 0.340 e. The van der Waals surface area contributed by atoms with E-state index in [2.05, 4.69) is 40.5 Å². The zero-order valence-corrected chi connectivity index (χ0v) is 18.1. The van der Waals surface area contributed by atoms with Crippen LogP contribution in [0.4, 0.5) is 10.4 Å². The third-order valence-electron chi connectivity index (χ3n) is 5.34. The van der Waals surface area contributed by atoms with Gasteiger partial charge >= 0.3 is 12.0 Å². The molecule has 0 bridgehead atoms. The minimum absolute atomic E-state index is 0.0903. The van der Waals surface area contributed by atoms with Crippen molar-refractivity contribution in [2.75, 3.05) is 31.7 Å². The normalized spacial score (nSPS) is 15.3. The number of hydrogen-bond acceptors (Lipinski definition) is 7. The number of carbonyl (C=O) groups is 1. The fraction of sp³-hybridized carbons (Fsp3) is 0.591. The Bertz CT molecular complexity index is 854. The molecule has 164 valence electrons. The van der Waals surface area contributed by atoms with Gasteiger partial charge in [0.25, 0.3) is 0 Å². The van der Waals surface area contributed by atoms with E-state index in [9.17, 15) is 9.18 Å². The highest BCUT2D eigenvalue weighted by Crippen LogP contribution is 2.27. The first-order valence-electron chi connectivity index (χ1n) is 10.4. The second kappa shape index (κ2) is 9.45. The Morgan fingerprint density at radius 1 is 1.30 bits per heavy atom. The maximum Gasteiger partial charge on any atom is 0.340 e. The number of benzene rings is 1. The van der Waals surface area contributed by atoms with Gasteiger partial charge in [-0.05, 0) is 43.7 Å². The number of ether oxygens (including phenoxy) is 2. The van der Waals surface area contributed by atoms with Crippen LogP contribution >= 0.6 is 0 Å². The van der Waals surface area contributed by atoms with Gasteiger partial charge in [0.05, 0.1) is 19.3 Å². The highest BCUT2D eigenvalue weighted by atomic mass is 19.1. The molecule has 1 saturated heterocycles. The van der Waals surface area contributed by atoms with E-state index in [0.717, 1.165) is 44.6 Å². The Kier molecular flexibility index (Phi) is 6.95. The monoisotopic (exact) mass is 419 g/mol. The first kappa shape index (κ1) is 22.1. The van der Waals surface area contributed by atoms with E-state index in [-0.39, 0.29) is 11.0 Å². The van der Waals surface area contributed by atoms with Crippen molar-refractivity contribution < 1.29 is 23.2 Å². The number of rotatable bonds is 7. The van der Waals surface area contributed by atoms with Crippen LogP contribution in [0, 0.1) is 11.7 Å². The summed E-state index contributed by atoms with van der Waals surface area (Å²) >= 11 is 0. The number of esters is 1. The van der Waals surface area contributed by atoms with Gasteiger partial charge in [0.2, 0.25) is 0 Å². The topological polar surface area (TPSA) is 77.7 Å². The molecule has 2 aromatic rings. The molecule has 0 N–H and O–H groups in total. The van der Waals surface area contributed by atoms with Crippen molar-refractivity contribution in [1.82, 2.24) is 10.1 Å². The lowest BCUT2D eigenvalue weighted by Crippen LogP contribution is -2.34. The number of nitrogens with zero attached hydrogens (tertiary/aromatic N) is 3. The number of methoxy groups -OCH3 is 1. The third-order valence-corrected chi connectivity index (χ3v) is 5.34. The minimum Gasteiger partial charge on any atom is -0.493 e. The number of anilines is 1. The number of aromatic nitrogens is 2. The molecule has 1 aliphatic heterocycles. The second-order valence-corrected chi connectivity index (χ2v) is 8.70. The molecule has 0 atom stereocenters. The van der Waals surface area contributed by atoms with Gasteiger partial charge in [0, 0.05) is 24.6 Å². The number of halogens is 1. The van der Waals surface area contributed by atoms with E-state index < -0.39 is 11.8 Å². The van der Waals surface area contributed by atoms with E-state index >= 15 is 0 Å². The molecular formula is C22H30FN3O4. The predicted octanol–water partition coefficient (Wildman–Crippen LogP) is 4.37. The van der Waals surface area contributed by atoms with Crippen LogP contribution in [0.1, 0.15) is 62.6 Å². The first-order valence-corrected chi connectivity index (χ1v) is 10.4. The Balaban J connectivity index is 1.39. The molecule has 1 fully saturated rings. The summed E-state index contributed by atoms with van der Waals surface area (Å²) in [7, 11) is 1.22. The molecule has 1 aromatic heterocycles. The van der Waals surface area contributed by atoms with Crippen LogP contribution in [0.15, 0.2) is 22.7 Å². The van der Waals surface area contributed by atoms with Crippen LogP contribution in [-0.2, 0) is 10.2 Å². The summed E-state index contributed by atoms with van der Waals surface area (Å²) in [5.74, 6) is 0.435. The maximum absolute atomic E-state index is 13.9. The number of hydrogen-bond donors (Lipinski definition) is 0. The fourth-order valence-corrected chi connectivity index (χ4v) is 3.48. The molecule has 1 aromatic carbocycles. The number of carbonyl (C=O) groups excluding carboxylic acids is 1. The molecular weight excluding hydrogens is 389 g/mol. The number of piperidine rings is 1. The lowest BCUT2D eigenvalue weighted by molar-refractivity contribution is 0.0595. The van der Waals surface area contributed by atoms with Crippen molar-refractivity contribution in [3.05, 3.63) is 35.4 Å². The van der Waals surface area contributed by atoms with Crippen LogP contribution in [0.2, 0.25) is 0 Å². The SMILES string of the molecule is COC(=O)c1ccc(OCCCC2CCN(c3nc(C(C)(C)C)no3)CC2)cc1F. The van der Waals surface area contributed by atoms with Crippen molar-refractivity contribution in [2.24, 2.45) is 5.92 Å². The standard InChI is InChI=1S/C22H30FN3O4/c1-22(2,3)20-24-21(30-25-20)26-11-9-15(10-12-26)6-5-13-29-16-7-8-17(18(23)14-16)19(27)28-4/h7-8,14-15H,5-6,9-13H2,1-4H3. The molecule has 7 nitrogen and oxygen atoms in total. The molecule has 1 aliphatic rings. The predicted molar refractivity (Wildman–Crippen MR) is 110 cm³/mol. The van der Waals surface area contributed by atoms with Crippen molar-refractivity contribution in [3.63, 3.8) is 0 Å². The summed E-state index contributed by atoms with van der Waals surface area (Å²) in [5, 5.41) is 4.10. The summed E-state index contributed by atoms with van der Waals surface area (Å²) in [6.07, 6.45) is 4.07. The summed E-state index contributed by atoms with van der Waals surface area (Å²) in [6, 6.07) is 4.80. The van der Waals surface area contributed by atoms with E-state index in [4.69, 9.17) is 9.26 Å². The second-order valence-electron chi connectivity index (χ2n) is 8.70. The Morgan fingerprint density at radius 2 is 2.03 bits per heavy atom. The van der Waals surface area contributed by atoms with Crippen molar-refractivity contribution in [1.29, 1.82) is 0 Å². The van der Waals surface area contributed by atoms with Crippen LogP contribution in [-0.4, -0.2) is 42.9 Å². The van der Waals surface area contributed by atoms with Gasteiger partial charge < -0.3 is 18.9 Å². The Labute approximate surface area is 176 Å².